The molecule has 2 N–H and O–H groups in total. The fourth-order valence-electron chi connectivity index (χ4n) is 1.77. The molecule has 0 aliphatic rings. The quantitative estimate of drug-likeness (QED) is 0.627. The molecule has 7 heteroatoms. The molecule has 0 saturated heterocycles. The monoisotopic (exact) mass is 295 g/mol. The minimum absolute atomic E-state index is 0.468. The number of rotatable bonds is 7. The number of nitrogen functional groups attached to an aromatic ring is 1. The number of tetrazole rings is 1. The first-order chi connectivity index (χ1) is 9.74. The summed E-state index contributed by atoms with van der Waals surface area (Å²) in [6, 6.07) is 5.42. The predicted octanol–water partition coefficient (Wildman–Crippen LogP) is 2.39. The molecule has 0 radical (unpaired) electrons. The van der Waals surface area contributed by atoms with E-state index in [9.17, 15) is 0 Å². The van der Waals surface area contributed by atoms with Crippen molar-refractivity contribution in [3.8, 4) is 11.4 Å². The first-order valence-corrected chi connectivity index (χ1v) is 7.00. The zero-order valence-corrected chi connectivity index (χ0v) is 12.2. The number of nitrogens with two attached hydrogens (primary N) is 1. The Labute approximate surface area is 122 Å². The first-order valence-electron chi connectivity index (χ1n) is 6.62. The Balaban J connectivity index is 2.06. The van der Waals surface area contributed by atoms with E-state index in [0.717, 1.165) is 25.0 Å². The Kier molecular flexibility index (Phi) is 5.31. The van der Waals surface area contributed by atoms with Crippen LogP contribution >= 0.6 is 11.6 Å². The zero-order chi connectivity index (χ0) is 14.4. The lowest BCUT2D eigenvalue weighted by Gasteiger charge is -2.08. The van der Waals surface area contributed by atoms with E-state index in [1.165, 1.54) is 0 Å². The van der Waals surface area contributed by atoms with Crippen LogP contribution in [0.25, 0.3) is 11.4 Å². The van der Waals surface area contributed by atoms with Crippen molar-refractivity contribution in [1.82, 2.24) is 20.2 Å². The fraction of sp³-hybridized carbons (Fsp3) is 0.462. The Bertz CT molecular complexity index is 557. The molecule has 20 heavy (non-hydrogen) atoms. The summed E-state index contributed by atoms with van der Waals surface area (Å²) in [5.74, 6) is 0.599. The van der Waals surface area contributed by atoms with Crippen LogP contribution in [0.2, 0.25) is 5.02 Å². The molecule has 0 fully saturated rings. The van der Waals surface area contributed by atoms with Gasteiger partial charge in [0, 0.05) is 12.2 Å². The molecule has 0 atom stereocenters. The topological polar surface area (TPSA) is 78.8 Å². The average molecular weight is 296 g/mol. The molecule has 2 rings (SSSR count). The summed E-state index contributed by atoms with van der Waals surface area (Å²) in [6.45, 7) is 4.03. The van der Waals surface area contributed by atoms with Crippen molar-refractivity contribution in [1.29, 1.82) is 0 Å². The van der Waals surface area contributed by atoms with Crippen molar-refractivity contribution < 1.29 is 4.74 Å². The molecule has 1 heterocycles. The lowest BCUT2D eigenvalue weighted by Crippen LogP contribution is -2.10. The number of hydrogen-bond donors (Lipinski definition) is 1. The van der Waals surface area contributed by atoms with E-state index in [0.29, 0.717) is 29.7 Å². The van der Waals surface area contributed by atoms with Gasteiger partial charge in [-0.2, -0.15) is 0 Å². The van der Waals surface area contributed by atoms with Gasteiger partial charge in [0.05, 0.1) is 23.9 Å². The van der Waals surface area contributed by atoms with Gasteiger partial charge in [0.1, 0.15) is 0 Å². The van der Waals surface area contributed by atoms with Crippen LogP contribution < -0.4 is 5.73 Å². The number of halogens is 1. The molecule has 108 valence electrons. The molecule has 6 nitrogen and oxygen atoms in total. The van der Waals surface area contributed by atoms with E-state index in [1.54, 1.807) is 10.7 Å². The minimum Gasteiger partial charge on any atom is -0.398 e. The Morgan fingerprint density at radius 1 is 1.35 bits per heavy atom. The Hall–Kier alpha value is -1.66. The molecular weight excluding hydrogens is 278 g/mol. The lowest BCUT2D eigenvalue weighted by molar-refractivity contribution is 0.121. The third-order valence-corrected chi connectivity index (χ3v) is 3.31. The summed E-state index contributed by atoms with van der Waals surface area (Å²) in [5.41, 5.74) is 7.04. The van der Waals surface area contributed by atoms with Crippen LogP contribution in [0.15, 0.2) is 18.2 Å². The number of anilines is 1. The molecule has 0 amide bonds. The Morgan fingerprint density at radius 2 is 2.20 bits per heavy atom. The van der Waals surface area contributed by atoms with Gasteiger partial charge in [-0.15, -0.1) is 5.10 Å². The normalized spacial score (nSPS) is 10.9. The highest BCUT2D eigenvalue weighted by Gasteiger charge is 2.13. The molecule has 1 aromatic heterocycles. The predicted molar refractivity (Wildman–Crippen MR) is 78.4 cm³/mol. The molecule has 0 unspecified atom stereocenters. The van der Waals surface area contributed by atoms with Crippen LogP contribution in [-0.2, 0) is 11.3 Å². The molecule has 0 aliphatic heterocycles. The molecule has 2 aromatic rings. The van der Waals surface area contributed by atoms with Gasteiger partial charge in [-0.1, -0.05) is 31.0 Å². The maximum absolute atomic E-state index is 6.19. The summed E-state index contributed by atoms with van der Waals surface area (Å²) in [7, 11) is 0. The summed E-state index contributed by atoms with van der Waals surface area (Å²) >= 11 is 6.19. The summed E-state index contributed by atoms with van der Waals surface area (Å²) in [6.07, 6.45) is 2.18. The highest BCUT2D eigenvalue weighted by molar-refractivity contribution is 6.35. The van der Waals surface area contributed by atoms with Crippen molar-refractivity contribution in [3.05, 3.63) is 23.2 Å². The number of hydrogen-bond acceptors (Lipinski definition) is 5. The third kappa shape index (κ3) is 3.46. The van der Waals surface area contributed by atoms with Crippen LogP contribution in [0.1, 0.15) is 19.8 Å². The number of aromatic nitrogens is 4. The van der Waals surface area contributed by atoms with E-state index in [4.69, 9.17) is 22.1 Å². The summed E-state index contributed by atoms with van der Waals surface area (Å²) in [4.78, 5) is 0. The van der Waals surface area contributed by atoms with E-state index < -0.39 is 0 Å². The second-order valence-corrected chi connectivity index (χ2v) is 4.78. The van der Waals surface area contributed by atoms with Gasteiger partial charge in [-0.3, -0.25) is 0 Å². The second kappa shape index (κ2) is 7.21. The highest BCUT2D eigenvalue weighted by Crippen LogP contribution is 2.30. The van der Waals surface area contributed by atoms with Crippen LogP contribution in [0.5, 0.6) is 0 Å². The second-order valence-electron chi connectivity index (χ2n) is 4.40. The fourth-order valence-corrected chi connectivity index (χ4v) is 1.98. The lowest BCUT2D eigenvalue weighted by atomic mass is 10.2. The Morgan fingerprint density at radius 3 is 3.00 bits per heavy atom. The van der Waals surface area contributed by atoms with E-state index in [-0.39, 0.29) is 0 Å². The van der Waals surface area contributed by atoms with Crippen molar-refractivity contribution in [3.63, 3.8) is 0 Å². The maximum atomic E-state index is 6.19. The van der Waals surface area contributed by atoms with Gasteiger partial charge < -0.3 is 10.5 Å². The molecular formula is C13H18ClN5O. The molecule has 0 bridgehead atoms. The van der Waals surface area contributed by atoms with E-state index in [2.05, 4.69) is 22.4 Å². The molecule has 0 saturated carbocycles. The SMILES string of the molecule is CCCCOCCn1nnnc1-c1cccc(N)c1Cl. The number of benzene rings is 1. The molecule has 0 aliphatic carbocycles. The standard InChI is InChI=1S/C13H18ClN5O/c1-2-3-8-20-9-7-19-13(16-17-18-19)10-5-4-6-11(15)12(10)14/h4-6H,2-3,7-9,15H2,1H3. The van der Waals surface area contributed by atoms with Gasteiger partial charge in [-0.05, 0) is 29.0 Å². The van der Waals surface area contributed by atoms with Crippen LogP contribution in [0.4, 0.5) is 5.69 Å². The van der Waals surface area contributed by atoms with Gasteiger partial charge in [-0.25, -0.2) is 4.68 Å². The van der Waals surface area contributed by atoms with E-state index in [1.807, 2.05) is 12.1 Å². The van der Waals surface area contributed by atoms with Crippen molar-refractivity contribution in [2.75, 3.05) is 18.9 Å². The highest BCUT2D eigenvalue weighted by atomic mass is 35.5. The summed E-state index contributed by atoms with van der Waals surface area (Å²) in [5, 5.41) is 12.1. The summed E-state index contributed by atoms with van der Waals surface area (Å²) < 4.78 is 7.19. The maximum Gasteiger partial charge on any atom is 0.183 e. The third-order valence-electron chi connectivity index (χ3n) is 2.89. The smallest absolute Gasteiger partial charge is 0.183 e. The molecule has 1 aromatic carbocycles. The zero-order valence-electron chi connectivity index (χ0n) is 11.4. The largest absolute Gasteiger partial charge is 0.398 e. The van der Waals surface area contributed by atoms with Crippen molar-refractivity contribution >= 4 is 17.3 Å². The van der Waals surface area contributed by atoms with Gasteiger partial charge in [0.2, 0.25) is 0 Å². The van der Waals surface area contributed by atoms with Crippen molar-refractivity contribution in [2.45, 2.75) is 26.3 Å². The van der Waals surface area contributed by atoms with Crippen LogP contribution in [0, 0.1) is 0 Å². The van der Waals surface area contributed by atoms with Crippen LogP contribution in [-0.4, -0.2) is 33.4 Å². The van der Waals surface area contributed by atoms with Crippen LogP contribution in [0.3, 0.4) is 0 Å². The first kappa shape index (κ1) is 14.7. The van der Waals surface area contributed by atoms with E-state index >= 15 is 0 Å². The van der Waals surface area contributed by atoms with Gasteiger partial charge in [0.25, 0.3) is 0 Å². The molecule has 0 spiro atoms. The number of ether oxygens (including phenoxy) is 1. The number of nitrogens with zero attached hydrogens (tertiary/aromatic N) is 4. The van der Waals surface area contributed by atoms with Gasteiger partial charge >= 0.3 is 0 Å². The van der Waals surface area contributed by atoms with Crippen molar-refractivity contribution in [2.24, 2.45) is 0 Å². The average Bonchev–Trinajstić information content (AvgIpc) is 2.90. The minimum atomic E-state index is 0.468. The van der Waals surface area contributed by atoms with Gasteiger partial charge in [0.15, 0.2) is 5.82 Å². The number of unbranched alkanes of at least 4 members (excludes halogenated alkanes) is 1.